The fraction of sp³-hybridized carbons (Fsp3) is 0.385. The number of benzene rings is 1. The van der Waals surface area contributed by atoms with Crippen LogP contribution in [-0.2, 0) is 10.0 Å². The third kappa shape index (κ3) is 4.23. The molecule has 0 saturated heterocycles. The van der Waals surface area contributed by atoms with Gasteiger partial charge in [-0.25, -0.2) is 17.7 Å². The van der Waals surface area contributed by atoms with Gasteiger partial charge in [-0.2, -0.15) is 0 Å². The first kappa shape index (κ1) is 15.9. The molecule has 1 amide bonds. The molecule has 0 spiro atoms. The molecule has 1 aromatic heterocycles. The molecule has 114 valence electrons. The average Bonchev–Trinajstić information content (AvgIpc) is 2.86. The van der Waals surface area contributed by atoms with Gasteiger partial charge >= 0.3 is 0 Å². The summed E-state index contributed by atoms with van der Waals surface area (Å²) in [5.41, 5.74) is 0.810. The second-order valence-electron chi connectivity index (χ2n) is 4.68. The van der Waals surface area contributed by atoms with E-state index in [1.807, 2.05) is 24.3 Å². The Morgan fingerprint density at radius 1 is 1.38 bits per heavy atom. The SMILES string of the molecule is CN(CCCNC(=O)c1nc2ccccc2s1)S(C)(=O)=O. The number of hydrogen-bond acceptors (Lipinski definition) is 5. The molecule has 0 fully saturated rings. The molecule has 1 aromatic carbocycles. The molecule has 6 nitrogen and oxygen atoms in total. The van der Waals surface area contributed by atoms with Crippen LogP contribution in [0.15, 0.2) is 24.3 Å². The zero-order valence-corrected chi connectivity index (χ0v) is 13.5. The molecule has 0 atom stereocenters. The van der Waals surface area contributed by atoms with Crippen molar-refractivity contribution in [2.75, 3.05) is 26.4 Å². The van der Waals surface area contributed by atoms with Gasteiger partial charge in [-0.15, -0.1) is 11.3 Å². The van der Waals surface area contributed by atoms with Crippen LogP contribution in [0.2, 0.25) is 0 Å². The van der Waals surface area contributed by atoms with Crippen LogP contribution in [0.1, 0.15) is 16.2 Å². The van der Waals surface area contributed by atoms with E-state index in [2.05, 4.69) is 10.3 Å². The van der Waals surface area contributed by atoms with Crippen LogP contribution >= 0.6 is 11.3 Å². The number of hydrogen-bond donors (Lipinski definition) is 1. The van der Waals surface area contributed by atoms with Crippen molar-refractivity contribution < 1.29 is 13.2 Å². The molecule has 0 radical (unpaired) electrons. The molecule has 2 rings (SSSR count). The molecule has 8 heteroatoms. The Labute approximate surface area is 127 Å². The Balaban J connectivity index is 1.85. The molecule has 0 bridgehead atoms. The lowest BCUT2D eigenvalue weighted by Gasteiger charge is -2.13. The smallest absolute Gasteiger partial charge is 0.280 e. The normalized spacial score (nSPS) is 12.0. The molecule has 0 saturated carbocycles. The summed E-state index contributed by atoms with van der Waals surface area (Å²) in [4.78, 5) is 16.2. The van der Waals surface area contributed by atoms with Gasteiger partial charge in [-0.1, -0.05) is 12.1 Å². The van der Waals surface area contributed by atoms with E-state index in [-0.39, 0.29) is 5.91 Å². The lowest BCUT2D eigenvalue weighted by Crippen LogP contribution is -2.30. The number of thiazole rings is 1. The largest absolute Gasteiger partial charge is 0.350 e. The average molecular weight is 327 g/mol. The lowest BCUT2D eigenvalue weighted by molar-refractivity contribution is 0.0952. The topological polar surface area (TPSA) is 79.4 Å². The minimum Gasteiger partial charge on any atom is -0.350 e. The second-order valence-corrected chi connectivity index (χ2v) is 7.80. The Bertz CT molecular complexity index is 707. The van der Waals surface area contributed by atoms with Crippen molar-refractivity contribution in [1.29, 1.82) is 0 Å². The van der Waals surface area contributed by atoms with Gasteiger partial charge in [0.2, 0.25) is 10.0 Å². The van der Waals surface area contributed by atoms with Crippen LogP contribution < -0.4 is 5.32 Å². The van der Waals surface area contributed by atoms with Gasteiger partial charge in [-0.3, -0.25) is 4.79 Å². The van der Waals surface area contributed by atoms with E-state index >= 15 is 0 Å². The summed E-state index contributed by atoms with van der Waals surface area (Å²) < 4.78 is 24.7. The van der Waals surface area contributed by atoms with Gasteiger partial charge in [0.15, 0.2) is 5.01 Å². The third-order valence-electron chi connectivity index (χ3n) is 2.99. The maximum atomic E-state index is 12.0. The monoisotopic (exact) mass is 327 g/mol. The number of carbonyl (C=O) groups excluding carboxylic acids is 1. The predicted molar refractivity (Wildman–Crippen MR) is 84.0 cm³/mol. The van der Waals surface area contributed by atoms with E-state index in [4.69, 9.17) is 0 Å². The first-order valence-electron chi connectivity index (χ1n) is 6.43. The van der Waals surface area contributed by atoms with Gasteiger partial charge in [0.1, 0.15) is 0 Å². The van der Waals surface area contributed by atoms with Crippen LogP contribution in [0.5, 0.6) is 0 Å². The van der Waals surface area contributed by atoms with E-state index in [1.54, 1.807) is 0 Å². The predicted octanol–water partition coefficient (Wildman–Crippen LogP) is 1.31. The van der Waals surface area contributed by atoms with Crippen LogP contribution in [0.4, 0.5) is 0 Å². The molecule has 0 aliphatic heterocycles. The molecular weight excluding hydrogens is 310 g/mol. The Morgan fingerprint density at radius 2 is 2.10 bits per heavy atom. The first-order valence-corrected chi connectivity index (χ1v) is 9.09. The number of fused-ring (bicyclic) bond motifs is 1. The highest BCUT2D eigenvalue weighted by Gasteiger charge is 2.13. The highest BCUT2D eigenvalue weighted by molar-refractivity contribution is 7.88. The molecule has 1 N–H and O–H groups in total. The van der Waals surface area contributed by atoms with E-state index in [1.165, 1.54) is 22.7 Å². The molecule has 2 aromatic rings. The summed E-state index contributed by atoms with van der Waals surface area (Å²) in [5.74, 6) is -0.224. The number of para-hydroxylation sites is 1. The van der Waals surface area contributed by atoms with Crippen LogP contribution in [-0.4, -0.2) is 50.0 Å². The minimum absolute atomic E-state index is 0.224. The first-order chi connectivity index (χ1) is 9.88. The third-order valence-corrected chi connectivity index (χ3v) is 5.34. The summed E-state index contributed by atoms with van der Waals surface area (Å²) in [6, 6.07) is 7.57. The van der Waals surface area contributed by atoms with Crippen molar-refractivity contribution >= 4 is 37.5 Å². The fourth-order valence-electron chi connectivity index (χ4n) is 1.71. The summed E-state index contributed by atoms with van der Waals surface area (Å²) in [6.45, 7) is 0.785. The van der Waals surface area contributed by atoms with E-state index in [0.29, 0.717) is 24.5 Å². The van der Waals surface area contributed by atoms with Crippen molar-refractivity contribution in [2.24, 2.45) is 0 Å². The zero-order chi connectivity index (χ0) is 15.5. The van der Waals surface area contributed by atoms with E-state index in [0.717, 1.165) is 16.5 Å². The van der Waals surface area contributed by atoms with E-state index < -0.39 is 10.0 Å². The Morgan fingerprint density at radius 3 is 2.76 bits per heavy atom. The number of rotatable bonds is 6. The summed E-state index contributed by atoms with van der Waals surface area (Å²) in [5, 5.41) is 3.18. The minimum atomic E-state index is -3.16. The Kier molecular flexibility index (Phi) is 4.92. The lowest BCUT2D eigenvalue weighted by atomic mass is 10.3. The number of sulfonamides is 1. The highest BCUT2D eigenvalue weighted by Crippen LogP contribution is 2.21. The number of nitrogens with zero attached hydrogens (tertiary/aromatic N) is 2. The summed E-state index contributed by atoms with van der Waals surface area (Å²) >= 11 is 1.34. The number of amides is 1. The highest BCUT2D eigenvalue weighted by atomic mass is 32.2. The molecule has 0 unspecified atom stereocenters. The standard InChI is InChI=1S/C13H17N3O3S2/c1-16(21(2,18)19)9-5-8-14-12(17)13-15-10-6-3-4-7-11(10)20-13/h3-4,6-7H,5,8-9H2,1-2H3,(H,14,17). The van der Waals surface area contributed by atoms with E-state index in [9.17, 15) is 13.2 Å². The van der Waals surface area contributed by atoms with Crippen molar-refractivity contribution in [2.45, 2.75) is 6.42 Å². The summed E-state index contributed by atoms with van der Waals surface area (Å²) in [7, 11) is -1.64. The van der Waals surface area contributed by atoms with Gasteiger partial charge < -0.3 is 5.32 Å². The number of carbonyl (C=O) groups is 1. The van der Waals surface area contributed by atoms with Crippen LogP contribution in [0.25, 0.3) is 10.2 Å². The van der Waals surface area contributed by atoms with Gasteiger partial charge in [0.25, 0.3) is 5.91 Å². The molecule has 0 aliphatic carbocycles. The van der Waals surface area contributed by atoms with Crippen molar-refractivity contribution in [3.8, 4) is 0 Å². The van der Waals surface area contributed by atoms with Crippen LogP contribution in [0, 0.1) is 0 Å². The van der Waals surface area contributed by atoms with Crippen LogP contribution in [0.3, 0.4) is 0 Å². The van der Waals surface area contributed by atoms with Gasteiger partial charge in [0.05, 0.1) is 16.5 Å². The van der Waals surface area contributed by atoms with Crippen molar-refractivity contribution in [3.63, 3.8) is 0 Å². The molecule has 21 heavy (non-hydrogen) atoms. The number of nitrogens with one attached hydrogen (secondary N) is 1. The zero-order valence-electron chi connectivity index (χ0n) is 11.9. The number of aromatic nitrogens is 1. The van der Waals surface area contributed by atoms with Gasteiger partial charge in [-0.05, 0) is 18.6 Å². The summed E-state index contributed by atoms with van der Waals surface area (Å²) in [6.07, 6.45) is 1.72. The Hall–Kier alpha value is -1.51. The van der Waals surface area contributed by atoms with Gasteiger partial charge in [0, 0.05) is 20.1 Å². The molecule has 0 aliphatic rings. The fourth-order valence-corrected chi connectivity index (χ4v) is 3.06. The maximum absolute atomic E-state index is 12.0. The van der Waals surface area contributed by atoms with Crippen molar-refractivity contribution in [3.05, 3.63) is 29.3 Å². The molecular formula is C13H17N3O3S2. The molecule has 1 heterocycles. The maximum Gasteiger partial charge on any atom is 0.280 e. The van der Waals surface area contributed by atoms with Crippen molar-refractivity contribution in [1.82, 2.24) is 14.6 Å². The quantitative estimate of drug-likeness (QED) is 0.811. The second kappa shape index (κ2) is 6.50.